The lowest BCUT2D eigenvalue weighted by atomic mass is 9.80. The van der Waals surface area contributed by atoms with Crippen molar-refractivity contribution in [3.63, 3.8) is 0 Å². The first-order chi connectivity index (χ1) is 11.4. The van der Waals surface area contributed by atoms with Crippen molar-refractivity contribution >= 4 is 23.5 Å². The highest BCUT2D eigenvalue weighted by Crippen LogP contribution is 2.31. The standard InChI is InChI=1S/C18H12O6/c19-14(20)7-9-5-10(8-15(21)22)16-13(6-9)17(23)11-3-1-2-4-12(11)18(16)24/h1-6H,7-8H2,(H,19,20)(H,21,22). The molecule has 6 heteroatoms. The first-order valence-electron chi connectivity index (χ1n) is 7.16. The van der Waals surface area contributed by atoms with Crippen LogP contribution in [0, 0.1) is 0 Å². The molecule has 0 saturated carbocycles. The molecule has 0 aliphatic heterocycles. The van der Waals surface area contributed by atoms with Gasteiger partial charge < -0.3 is 10.2 Å². The number of hydrogen-bond donors (Lipinski definition) is 2. The van der Waals surface area contributed by atoms with E-state index in [2.05, 4.69) is 0 Å². The monoisotopic (exact) mass is 324 g/mol. The van der Waals surface area contributed by atoms with Gasteiger partial charge >= 0.3 is 11.9 Å². The molecule has 0 aromatic heterocycles. The van der Waals surface area contributed by atoms with Gasteiger partial charge in [0.1, 0.15) is 0 Å². The normalized spacial score (nSPS) is 12.5. The first-order valence-corrected chi connectivity index (χ1v) is 7.16. The SMILES string of the molecule is O=C(O)Cc1cc(CC(=O)O)c2c(c1)C(=O)c1ccccc1C2=O. The lowest BCUT2D eigenvalue weighted by Crippen LogP contribution is -2.24. The van der Waals surface area contributed by atoms with Gasteiger partial charge in [-0.15, -0.1) is 0 Å². The van der Waals surface area contributed by atoms with Crippen LogP contribution in [0.5, 0.6) is 0 Å². The van der Waals surface area contributed by atoms with Gasteiger partial charge in [-0.25, -0.2) is 0 Å². The molecule has 0 saturated heterocycles. The Labute approximate surface area is 136 Å². The van der Waals surface area contributed by atoms with Crippen molar-refractivity contribution in [1.82, 2.24) is 0 Å². The summed E-state index contributed by atoms with van der Waals surface area (Å²) in [6, 6.07) is 9.05. The third kappa shape index (κ3) is 2.58. The van der Waals surface area contributed by atoms with E-state index in [0.29, 0.717) is 0 Å². The Bertz CT molecular complexity index is 910. The average Bonchev–Trinajstić information content (AvgIpc) is 2.51. The minimum Gasteiger partial charge on any atom is -0.481 e. The van der Waals surface area contributed by atoms with E-state index in [1.165, 1.54) is 24.3 Å². The van der Waals surface area contributed by atoms with Crippen molar-refractivity contribution in [2.45, 2.75) is 12.8 Å². The first kappa shape index (κ1) is 15.6. The van der Waals surface area contributed by atoms with E-state index in [1.54, 1.807) is 12.1 Å². The van der Waals surface area contributed by atoms with E-state index in [9.17, 15) is 19.2 Å². The molecular formula is C18H12O6. The summed E-state index contributed by atoms with van der Waals surface area (Å²) in [7, 11) is 0. The number of benzene rings is 2. The zero-order valence-electron chi connectivity index (χ0n) is 12.4. The minimum absolute atomic E-state index is 0.0511. The summed E-state index contributed by atoms with van der Waals surface area (Å²) in [5, 5.41) is 18.0. The molecule has 0 unspecified atom stereocenters. The van der Waals surface area contributed by atoms with Crippen molar-refractivity contribution in [3.05, 3.63) is 69.8 Å². The third-order valence-corrected chi connectivity index (χ3v) is 3.86. The third-order valence-electron chi connectivity index (χ3n) is 3.86. The largest absolute Gasteiger partial charge is 0.481 e. The van der Waals surface area contributed by atoms with Gasteiger partial charge in [0.15, 0.2) is 11.6 Å². The summed E-state index contributed by atoms with van der Waals surface area (Å²) in [5.41, 5.74) is 1.03. The number of carbonyl (C=O) groups excluding carboxylic acids is 2. The molecule has 0 heterocycles. The number of carbonyl (C=O) groups is 4. The predicted molar refractivity (Wildman–Crippen MR) is 82.4 cm³/mol. The zero-order chi connectivity index (χ0) is 17.4. The highest BCUT2D eigenvalue weighted by atomic mass is 16.4. The van der Waals surface area contributed by atoms with Crippen LogP contribution < -0.4 is 0 Å². The highest BCUT2D eigenvalue weighted by molar-refractivity contribution is 6.29. The fourth-order valence-corrected chi connectivity index (χ4v) is 2.95. The van der Waals surface area contributed by atoms with E-state index in [4.69, 9.17) is 10.2 Å². The Morgan fingerprint density at radius 2 is 1.38 bits per heavy atom. The molecule has 2 aromatic carbocycles. The van der Waals surface area contributed by atoms with Crippen LogP contribution in [-0.2, 0) is 22.4 Å². The van der Waals surface area contributed by atoms with Crippen molar-refractivity contribution in [3.8, 4) is 0 Å². The maximum Gasteiger partial charge on any atom is 0.307 e. The maximum absolute atomic E-state index is 12.7. The second kappa shape index (κ2) is 5.73. The minimum atomic E-state index is -1.16. The molecule has 0 amide bonds. The molecule has 2 aromatic rings. The fraction of sp³-hybridized carbons (Fsp3) is 0.111. The van der Waals surface area contributed by atoms with Crippen molar-refractivity contribution in [2.75, 3.05) is 0 Å². The van der Waals surface area contributed by atoms with Crippen LogP contribution in [0.2, 0.25) is 0 Å². The van der Waals surface area contributed by atoms with E-state index in [-0.39, 0.29) is 39.8 Å². The number of ketones is 2. The number of carboxylic acid groups (broad SMARTS) is 2. The Hall–Kier alpha value is -3.28. The predicted octanol–water partition coefficient (Wildman–Crippen LogP) is 1.72. The average molecular weight is 324 g/mol. The molecule has 0 bridgehead atoms. The van der Waals surface area contributed by atoms with E-state index in [0.717, 1.165) is 0 Å². The van der Waals surface area contributed by atoms with Gasteiger partial charge in [-0.05, 0) is 17.2 Å². The molecule has 24 heavy (non-hydrogen) atoms. The topological polar surface area (TPSA) is 109 Å². The van der Waals surface area contributed by atoms with E-state index >= 15 is 0 Å². The quantitative estimate of drug-likeness (QED) is 0.756. The molecule has 0 atom stereocenters. The molecule has 1 aliphatic carbocycles. The summed E-state index contributed by atoms with van der Waals surface area (Å²) in [6.45, 7) is 0. The number of aliphatic carboxylic acids is 2. The van der Waals surface area contributed by atoms with Crippen LogP contribution in [0.1, 0.15) is 43.0 Å². The Balaban J connectivity index is 2.25. The number of rotatable bonds is 4. The molecule has 2 N–H and O–H groups in total. The molecule has 0 fully saturated rings. The Morgan fingerprint density at radius 3 is 1.96 bits per heavy atom. The van der Waals surface area contributed by atoms with Gasteiger partial charge in [0.05, 0.1) is 12.8 Å². The highest BCUT2D eigenvalue weighted by Gasteiger charge is 2.32. The fourth-order valence-electron chi connectivity index (χ4n) is 2.95. The van der Waals surface area contributed by atoms with Crippen LogP contribution in [0.4, 0.5) is 0 Å². The molecule has 6 nitrogen and oxygen atoms in total. The van der Waals surface area contributed by atoms with E-state index < -0.39 is 29.9 Å². The summed E-state index contributed by atoms with van der Waals surface area (Å²) in [6.07, 6.45) is -0.819. The molecule has 1 aliphatic rings. The van der Waals surface area contributed by atoms with Crippen LogP contribution in [0.3, 0.4) is 0 Å². The van der Waals surface area contributed by atoms with Gasteiger partial charge in [-0.2, -0.15) is 0 Å². The lowest BCUT2D eigenvalue weighted by molar-refractivity contribution is -0.137. The molecule has 3 rings (SSSR count). The molecule has 0 spiro atoms. The second-order valence-electron chi connectivity index (χ2n) is 5.52. The van der Waals surface area contributed by atoms with Crippen LogP contribution in [-0.4, -0.2) is 33.7 Å². The summed E-state index contributed by atoms with van der Waals surface area (Å²) in [5.74, 6) is -3.09. The lowest BCUT2D eigenvalue weighted by Gasteiger charge is -2.20. The smallest absolute Gasteiger partial charge is 0.307 e. The summed E-state index contributed by atoms with van der Waals surface area (Å²) in [4.78, 5) is 47.5. The van der Waals surface area contributed by atoms with Gasteiger partial charge in [0.25, 0.3) is 0 Å². The number of fused-ring (bicyclic) bond motifs is 2. The van der Waals surface area contributed by atoms with Crippen LogP contribution >= 0.6 is 0 Å². The van der Waals surface area contributed by atoms with Gasteiger partial charge in [0, 0.05) is 22.3 Å². The number of hydrogen-bond acceptors (Lipinski definition) is 4. The van der Waals surface area contributed by atoms with Gasteiger partial charge in [-0.1, -0.05) is 30.3 Å². The zero-order valence-corrected chi connectivity index (χ0v) is 12.4. The Kier molecular flexibility index (Phi) is 3.73. The summed E-state index contributed by atoms with van der Waals surface area (Å²) >= 11 is 0. The van der Waals surface area contributed by atoms with E-state index in [1.807, 2.05) is 0 Å². The maximum atomic E-state index is 12.7. The van der Waals surface area contributed by atoms with Crippen molar-refractivity contribution in [1.29, 1.82) is 0 Å². The van der Waals surface area contributed by atoms with Gasteiger partial charge in [0.2, 0.25) is 0 Å². The second-order valence-corrected chi connectivity index (χ2v) is 5.52. The van der Waals surface area contributed by atoms with Crippen LogP contribution in [0.15, 0.2) is 36.4 Å². The number of carboxylic acids is 2. The molecule has 120 valence electrons. The molecular weight excluding hydrogens is 312 g/mol. The summed E-state index contributed by atoms with van der Waals surface area (Å²) < 4.78 is 0. The van der Waals surface area contributed by atoms with Gasteiger partial charge in [-0.3, -0.25) is 19.2 Å². The van der Waals surface area contributed by atoms with Crippen LogP contribution in [0.25, 0.3) is 0 Å². The molecule has 0 radical (unpaired) electrons. The Morgan fingerprint density at radius 1 is 0.792 bits per heavy atom. The van der Waals surface area contributed by atoms with Crippen molar-refractivity contribution in [2.24, 2.45) is 0 Å². The van der Waals surface area contributed by atoms with Crippen molar-refractivity contribution < 1.29 is 29.4 Å².